The zero-order valence-corrected chi connectivity index (χ0v) is 20.0. The van der Waals surface area contributed by atoms with Gasteiger partial charge in [0.15, 0.2) is 22.6 Å². The fraction of sp³-hybridized carbons (Fsp3) is 0.238. The van der Waals surface area contributed by atoms with Crippen molar-refractivity contribution in [2.45, 2.75) is 11.5 Å². The van der Waals surface area contributed by atoms with E-state index in [1.165, 1.54) is 42.7 Å². The lowest BCUT2D eigenvalue weighted by atomic mass is 10.1. The highest BCUT2D eigenvalue weighted by atomic mass is 32.2. The van der Waals surface area contributed by atoms with E-state index in [1.807, 2.05) is 0 Å². The predicted octanol–water partition coefficient (Wildman–Crippen LogP) is 2.50. The Morgan fingerprint density at radius 1 is 1.21 bits per heavy atom. The van der Waals surface area contributed by atoms with E-state index in [0.29, 0.717) is 17.0 Å². The van der Waals surface area contributed by atoms with Crippen molar-refractivity contribution in [2.24, 2.45) is 5.16 Å². The van der Waals surface area contributed by atoms with Crippen molar-refractivity contribution < 1.29 is 27.2 Å². The van der Waals surface area contributed by atoms with Crippen LogP contribution in [0.4, 0.5) is 9.52 Å². The van der Waals surface area contributed by atoms with Crippen LogP contribution in [0.15, 0.2) is 64.9 Å². The number of methoxy groups -OCH3 is 1. The van der Waals surface area contributed by atoms with E-state index in [4.69, 9.17) is 9.57 Å². The molecular formula is C21H22FN5O5S2. The number of nitrogens with zero attached hydrogens (tertiary/aromatic N) is 4. The second kappa shape index (κ2) is 11.7. The molecular weight excluding hydrogens is 485 g/mol. The number of thiazole rings is 1. The van der Waals surface area contributed by atoms with Crippen molar-refractivity contribution in [2.75, 3.05) is 32.6 Å². The maximum Gasteiger partial charge on any atom is 0.280 e. The lowest BCUT2D eigenvalue weighted by Gasteiger charge is -2.17. The Morgan fingerprint density at radius 3 is 2.59 bits per heavy atom. The number of anilines is 1. The standard InChI is InChI=1S/C21H22FN5O5S2/c1-27(11-12-31-2)34(29,30)17-8-6-15(7-9-17)19(20(28)25-21-24-13-18(22)33-21)26-32-14-16-5-3-4-10-23-16/h3-10,13H,11-12,14H2,1-2H3,(H,24,25,28)/b26-19+. The summed E-state index contributed by atoms with van der Waals surface area (Å²) in [7, 11) is -0.820. The number of pyridine rings is 1. The Labute approximate surface area is 200 Å². The molecule has 0 atom stereocenters. The number of halogens is 1. The number of carbonyl (C=O) groups is 1. The number of sulfonamides is 1. The van der Waals surface area contributed by atoms with Crippen molar-refractivity contribution >= 4 is 38.1 Å². The Kier molecular flexibility index (Phi) is 8.76. The van der Waals surface area contributed by atoms with E-state index in [2.05, 4.69) is 20.4 Å². The lowest BCUT2D eigenvalue weighted by molar-refractivity contribution is -0.110. The SMILES string of the molecule is COCCN(C)S(=O)(=O)c1ccc(/C(=N\OCc2ccccn2)C(=O)Nc2ncc(F)s2)cc1. The molecule has 0 saturated carbocycles. The predicted molar refractivity (Wildman–Crippen MR) is 124 cm³/mol. The minimum absolute atomic E-state index is 0.000255. The van der Waals surface area contributed by atoms with Crippen LogP contribution in [0.25, 0.3) is 0 Å². The Balaban J connectivity index is 1.84. The molecule has 3 rings (SSSR count). The molecule has 1 N–H and O–H groups in total. The highest BCUT2D eigenvalue weighted by Crippen LogP contribution is 2.18. The molecule has 1 amide bonds. The Bertz CT molecular complexity index is 1230. The van der Waals surface area contributed by atoms with Crippen LogP contribution in [-0.2, 0) is 31.0 Å². The molecule has 0 spiro atoms. The van der Waals surface area contributed by atoms with Gasteiger partial charge in [0, 0.05) is 32.5 Å². The van der Waals surface area contributed by atoms with Gasteiger partial charge in [-0.2, -0.15) is 8.70 Å². The molecule has 2 heterocycles. The molecule has 0 saturated heterocycles. The van der Waals surface area contributed by atoms with Gasteiger partial charge in [-0.3, -0.25) is 15.1 Å². The number of hydrogen-bond donors (Lipinski definition) is 1. The monoisotopic (exact) mass is 507 g/mol. The van der Waals surface area contributed by atoms with Gasteiger partial charge in [-0.15, -0.1) is 0 Å². The second-order valence-electron chi connectivity index (χ2n) is 6.80. The number of amides is 1. The number of likely N-dealkylation sites (N-methyl/N-ethyl adjacent to an activating group) is 1. The van der Waals surface area contributed by atoms with Crippen molar-refractivity contribution in [1.29, 1.82) is 0 Å². The van der Waals surface area contributed by atoms with E-state index in [1.54, 1.807) is 24.4 Å². The molecule has 0 aliphatic carbocycles. The molecule has 0 aliphatic rings. The normalized spacial score (nSPS) is 12.1. The van der Waals surface area contributed by atoms with Gasteiger partial charge >= 0.3 is 0 Å². The topological polar surface area (TPSA) is 123 Å². The first-order valence-corrected chi connectivity index (χ1v) is 12.1. The number of nitrogens with one attached hydrogen (secondary N) is 1. The van der Waals surface area contributed by atoms with Gasteiger partial charge in [0.2, 0.25) is 10.0 Å². The molecule has 180 valence electrons. The van der Waals surface area contributed by atoms with Crippen LogP contribution < -0.4 is 5.32 Å². The highest BCUT2D eigenvalue weighted by Gasteiger charge is 2.22. The van der Waals surface area contributed by atoms with Crippen LogP contribution in [0, 0.1) is 5.13 Å². The molecule has 0 aliphatic heterocycles. The first kappa shape index (κ1) is 25.4. The Hall–Kier alpha value is -3.26. The quantitative estimate of drug-likeness (QED) is 0.312. The van der Waals surface area contributed by atoms with Crippen LogP contribution in [-0.4, -0.2) is 61.6 Å². The molecule has 3 aromatic rings. The maximum atomic E-state index is 13.3. The summed E-state index contributed by atoms with van der Waals surface area (Å²) < 4.78 is 44.8. The first-order chi connectivity index (χ1) is 16.3. The minimum atomic E-state index is -3.75. The molecule has 2 aromatic heterocycles. The highest BCUT2D eigenvalue weighted by molar-refractivity contribution is 7.89. The molecule has 10 nitrogen and oxygen atoms in total. The number of aromatic nitrogens is 2. The van der Waals surface area contributed by atoms with Crippen molar-refractivity contribution in [3.8, 4) is 0 Å². The van der Waals surface area contributed by atoms with Crippen LogP contribution in [0.3, 0.4) is 0 Å². The maximum absolute atomic E-state index is 13.3. The average molecular weight is 508 g/mol. The summed E-state index contributed by atoms with van der Waals surface area (Å²) in [6, 6.07) is 10.8. The van der Waals surface area contributed by atoms with E-state index < -0.39 is 21.1 Å². The third-order valence-electron chi connectivity index (χ3n) is 4.45. The number of hydrogen-bond acceptors (Lipinski definition) is 9. The zero-order valence-electron chi connectivity index (χ0n) is 18.3. The Morgan fingerprint density at radius 2 is 1.97 bits per heavy atom. The summed E-state index contributed by atoms with van der Waals surface area (Å²) in [6.07, 6.45) is 2.57. The summed E-state index contributed by atoms with van der Waals surface area (Å²) in [5, 5.41) is 5.87. The number of oxime groups is 1. The van der Waals surface area contributed by atoms with Gasteiger partial charge in [0.25, 0.3) is 5.91 Å². The number of carbonyl (C=O) groups excluding carboxylic acids is 1. The molecule has 0 radical (unpaired) electrons. The fourth-order valence-electron chi connectivity index (χ4n) is 2.65. The molecule has 34 heavy (non-hydrogen) atoms. The first-order valence-electron chi connectivity index (χ1n) is 9.89. The van der Waals surface area contributed by atoms with Gasteiger partial charge in [0.05, 0.1) is 23.4 Å². The fourth-order valence-corrected chi connectivity index (χ4v) is 4.34. The summed E-state index contributed by atoms with van der Waals surface area (Å²) in [6.45, 7) is 0.428. The van der Waals surface area contributed by atoms with E-state index in [-0.39, 0.29) is 41.1 Å². The smallest absolute Gasteiger partial charge is 0.280 e. The van der Waals surface area contributed by atoms with Gasteiger partial charge in [0.1, 0.15) is 0 Å². The van der Waals surface area contributed by atoms with Crippen LogP contribution in [0.5, 0.6) is 0 Å². The minimum Gasteiger partial charge on any atom is -0.389 e. The number of benzene rings is 1. The number of ether oxygens (including phenoxy) is 1. The molecule has 0 fully saturated rings. The molecule has 0 unspecified atom stereocenters. The average Bonchev–Trinajstić information content (AvgIpc) is 3.25. The van der Waals surface area contributed by atoms with Gasteiger partial charge in [-0.1, -0.05) is 34.7 Å². The van der Waals surface area contributed by atoms with Gasteiger partial charge in [-0.25, -0.2) is 13.4 Å². The zero-order chi connectivity index (χ0) is 24.6. The van der Waals surface area contributed by atoms with E-state index in [0.717, 1.165) is 6.20 Å². The van der Waals surface area contributed by atoms with Crippen LogP contribution in [0.1, 0.15) is 11.3 Å². The van der Waals surface area contributed by atoms with Crippen LogP contribution >= 0.6 is 11.3 Å². The summed E-state index contributed by atoms with van der Waals surface area (Å²) in [5.74, 6) is -0.705. The summed E-state index contributed by atoms with van der Waals surface area (Å²) >= 11 is 0.654. The lowest BCUT2D eigenvalue weighted by Crippen LogP contribution is -2.30. The summed E-state index contributed by atoms with van der Waals surface area (Å²) in [4.78, 5) is 26.1. The van der Waals surface area contributed by atoms with Crippen LogP contribution in [0.2, 0.25) is 0 Å². The number of rotatable bonds is 11. The van der Waals surface area contributed by atoms with Crippen molar-refractivity contribution in [3.05, 3.63) is 71.2 Å². The third kappa shape index (κ3) is 6.63. The van der Waals surface area contributed by atoms with Crippen molar-refractivity contribution in [3.63, 3.8) is 0 Å². The van der Waals surface area contributed by atoms with E-state index in [9.17, 15) is 17.6 Å². The molecule has 1 aromatic carbocycles. The largest absolute Gasteiger partial charge is 0.389 e. The summed E-state index contributed by atoms with van der Waals surface area (Å²) in [5.41, 5.74) is 0.728. The van der Waals surface area contributed by atoms with Crippen molar-refractivity contribution in [1.82, 2.24) is 14.3 Å². The van der Waals surface area contributed by atoms with E-state index >= 15 is 0 Å². The molecule has 13 heteroatoms. The van der Waals surface area contributed by atoms with Gasteiger partial charge < -0.3 is 9.57 Å². The van der Waals surface area contributed by atoms with Gasteiger partial charge in [-0.05, 0) is 24.3 Å². The third-order valence-corrected chi connectivity index (χ3v) is 7.03. The molecule has 0 bridgehead atoms. The second-order valence-corrected chi connectivity index (χ2v) is 9.83.